The van der Waals surface area contributed by atoms with Gasteiger partial charge in [0.15, 0.2) is 0 Å². The van der Waals surface area contributed by atoms with E-state index in [4.69, 9.17) is 0 Å². The minimum absolute atomic E-state index is 0.444. The molecule has 0 aromatic carbocycles. The van der Waals surface area contributed by atoms with Crippen LogP contribution in [0, 0.1) is 0 Å². The molecule has 2 rings (SSSR count). The Morgan fingerprint density at radius 3 is 2.91 bits per heavy atom. The van der Waals surface area contributed by atoms with E-state index in [-0.39, 0.29) is 0 Å². The van der Waals surface area contributed by atoms with E-state index < -0.39 is 0 Å². The summed E-state index contributed by atoms with van der Waals surface area (Å²) >= 11 is 3.67. The van der Waals surface area contributed by atoms with Gasteiger partial charge in [-0.05, 0) is 31.4 Å². The Balaban J connectivity index is 2.12. The maximum Gasteiger partial charge on any atom is 0.106 e. The molecule has 1 saturated carbocycles. The lowest BCUT2D eigenvalue weighted by Gasteiger charge is -2.29. The lowest BCUT2D eigenvalue weighted by atomic mass is 10.2. The van der Waals surface area contributed by atoms with Crippen LogP contribution in [0.4, 0.5) is 0 Å². The molecule has 0 amide bonds. The van der Waals surface area contributed by atoms with Crippen molar-refractivity contribution in [3.63, 3.8) is 0 Å². The fourth-order valence-corrected chi connectivity index (χ4v) is 1.99. The monoisotopic (exact) mass is 213 g/mol. The van der Waals surface area contributed by atoms with Crippen molar-refractivity contribution in [3.05, 3.63) is 23.9 Å². The standard InChI is InChI=1S/C9H12BrN/c1-7-3-2-6-11(9(7)10)8-4-5-8/h2-3,6,8-9H,4-5H2,1H3. The van der Waals surface area contributed by atoms with Gasteiger partial charge >= 0.3 is 0 Å². The molecular weight excluding hydrogens is 202 g/mol. The van der Waals surface area contributed by atoms with Crippen molar-refractivity contribution in [1.29, 1.82) is 0 Å². The fourth-order valence-electron chi connectivity index (χ4n) is 1.36. The van der Waals surface area contributed by atoms with E-state index >= 15 is 0 Å². The van der Waals surface area contributed by atoms with Crippen LogP contribution in [0.3, 0.4) is 0 Å². The SMILES string of the molecule is CC1=CC=CN(C2CC2)C1Br. The third-order valence-corrected chi connectivity index (χ3v) is 3.42. The zero-order chi connectivity index (χ0) is 7.84. The molecule has 2 aliphatic rings. The molecule has 1 unspecified atom stereocenters. The predicted octanol–water partition coefficient (Wildman–Crippen LogP) is 2.65. The highest BCUT2D eigenvalue weighted by atomic mass is 79.9. The van der Waals surface area contributed by atoms with Crippen molar-refractivity contribution >= 4 is 15.9 Å². The third-order valence-electron chi connectivity index (χ3n) is 2.22. The first-order valence-corrected chi connectivity index (χ1v) is 4.97. The minimum Gasteiger partial charge on any atom is -0.358 e. The molecular formula is C9H12BrN. The first-order valence-electron chi connectivity index (χ1n) is 4.05. The fraction of sp³-hybridized carbons (Fsp3) is 0.556. The highest BCUT2D eigenvalue weighted by Crippen LogP contribution is 2.34. The summed E-state index contributed by atoms with van der Waals surface area (Å²) in [6.07, 6.45) is 9.20. The summed E-state index contributed by atoms with van der Waals surface area (Å²) in [5, 5.41) is 0. The molecule has 0 bridgehead atoms. The molecule has 11 heavy (non-hydrogen) atoms. The van der Waals surface area contributed by atoms with Crippen molar-refractivity contribution in [1.82, 2.24) is 4.90 Å². The molecule has 60 valence electrons. The summed E-state index contributed by atoms with van der Waals surface area (Å²) < 4.78 is 0. The molecule has 0 radical (unpaired) electrons. The Kier molecular flexibility index (Phi) is 1.80. The molecule has 0 saturated heterocycles. The van der Waals surface area contributed by atoms with Gasteiger partial charge in [-0.25, -0.2) is 0 Å². The molecule has 1 nitrogen and oxygen atoms in total. The van der Waals surface area contributed by atoms with Gasteiger partial charge in [-0.2, -0.15) is 0 Å². The van der Waals surface area contributed by atoms with Gasteiger partial charge in [-0.15, -0.1) is 0 Å². The van der Waals surface area contributed by atoms with E-state index in [9.17, 15) is 0 Å². The smallest absolute Gasteiger partial charge is 0.106 e. The Labute approximate surface area is 75.9 Å². The summed E-state index contributed by atoms with van der Waals surface area (Å²) in [7, 11) is 0. The van der Waals surface area contributed by atoms with E-state index in [0.29, 0.717) is 4.95 Å². The van der Waals surface area contributed by atoms with Crippen molar-refractivity contribution in [3.8, 4) is 0 Å². The topological polar surface area (TPSA) is 3.24 Å². The van der Waals surface area contributed by atoms with Gasteiger partial charge in [0.1, 0.15) is 4.95 Å². The second-order valence-corrected chi connectivity index (χ2v) is 4.13. The van der Waals surface area contributed by atoms with Crippen LogP contribution in [0.1, 0.15) is 19.8 Å². The van der Waals surface area contributed by atoms with E-state index in [1.807, 2.05) is 0 Å². The largest absolute Gasteiger partial charge is 0.358 e. The van der Waals surface area contributed by atoms with Crippen LogP contribution in [0.15, 0.2) is 23.9 Å². The maximum absolute atomic E-state index is 3.67. The van der Waals surface area contributed by atoms with Crippen LogP contribution in [-0.4, -0.2) is 15.9 Å². The zero-order valence-electron chi connectivity index (χ0n) is 6.63. The van der Waals surface area contributed by atoms with E-state index in [2.05, 4.69) is 46.1 Å². The van der Waals surface area contributed by atoms with Crippen LogP contribution in [0.25, 0.3) is 0 Å². The Morgan fingerprint density at radius 2 is 2.27 bits per heavy atom. The molecule has 2 heteroatoms. The highest BCUT2D eigenvalue weighted by molar-refractivity contribution is 9.09. The summed E-state index contributed by atoms with van der Waals surface area (Å²) in [6.45, 7) is 2.16. The number of hydrogen-bond donors (Lipinski definition) is 0. The zero-order valence-corrected chi connectivity index (χ0v) is 8.21. The van der Waals surface area contributed by atoms with Crippen LogP contribution >= 0.6 is 15.9 Å². The molecule has 1 aliphatic carbocycles. The average molecular weight is 214 g/mol. The lowest BCUT2D eigenvalue weighted by Crippen LogP contribution is -2.30. The molecule has 0 aromatic heterocycles. The van der Waals surface area contributed by atoms with Gasteiger partial charge in [-0.3, -0.25) is 0 Å². The first kappa shape index (κ1) is 7.41. The predicted molar refractivity (Wildman–Crippen MR) is 50.5 cm³/mol. The number of rotatable bonds is 1. The second-order valence-electron chi connectivity index (χ2n) is 3.27. The first-order chi connectivity index (χ1) is 5.29. The van der Waals surface area contributed by atoms with Gasteiger partial charge in [-0.1, -0.05) is 22.0 Å². The third kappa shape index (κ3) is 1.36. The molecule has 0 aromatic rings. The number of alkyl halides is 1. The van der Waals surface area contributed by atoms with Gasteiger partial charge in [0.05, 0.1) is 0 Å². The van der Waals surface area contributed by atoms with E-state index in [1.54, 1.807) is 0 Å². The summed E-state index contributed by atoms with van der Waals surface area (Å²) in [5.74, 6) is 0. The van der Waals surface area contributed by atoms with Crippen LogP contribution in [0.2, 0.25) is 0 Å². The number of hydrogen-bond acceptors (Lipinski definition) is 1. The number of allylic oxidation sites excluding steroid dienone is 2. The van der Waals surface area contributed by atoms with Crippen molar-refractivity contribution in [2.24, 2.45) is 0 Å². The molecule has 1 atom stereocenters. The van der Waals surface area contributed by atoms with E-state index in [1.165, 1.54) is 18.4 Å². The molecule has 0 spiro atoms. The van der Waals surface area contributed by atoms with Crippen LogP contribution in [-0.2, 0) is 0 Å². The summed E-state index contributed by atoms with van der Waals surface area (Å²) in [5.41, 5.74) is 1.40. The minimum atomic E-state index is 0.444. The Morgan fingerprint density at radius 1 is 1.55 bits per heavy atom. The van der Waals surface area contributed by atoms with Gasteiger partial charge in [0, 0.05) is 12.2 Å². The van der Waals surface area contributed by atoms with Gasteiger partial charge < -0.3 is 4.90 Å². The van der Waals surface area contributed by atoms with Crippen molar-refractivity contribution in [2.45, 2.75) is 30.8 Å². The van der Waals surface area contributed by atoms with Crippen molar-refractivity contribution < 1.29 is 0 Å². The van der Waals surface area contributed by atoms with Crippen LogP contribution in [0.5, 0.6) is 0 Å². The van der Waals surface area contributed by atoms with Crippen molar-refractivity contribution in [2.75, 3.05) is 0 Å². The summed E-state index contributed by atoms with van der Waals surface area (Å²) in [6, 6.07) is 0.805. The quantitative estimate of drug-likeness (QED) is 0.479. The molecule has 1 aliphatic heterocycles. The normalized spacial score (nSPS) is 30.5. The van der Waals surface area contributed by atoms with Gasteiger partial charge in [0.25, 0.3) is 0 Å². The summed E-state index contributed by atoms with van der Waals surface area (Å²) in [4.78, 5) is 2.84. The Hall–Kier alpha value is -0.240. The number of halogens is 1. The Bertz CT molecular complexity index is 216. The molecule has 1 fully saturated rings. The van der Waals surface area contributed by atoms with E-state index in [0.717, 1.165) is 6.04 Å². The maximum atomic E-state index is 3.67. The molecule has 1 heterocycles. The van der Waals surface area contributed by atoms with Crippen LogP contribution < -0.4 is 0 Å². The highest BCUT2D eigenvalue weighted by Gasteiger charge is 2.31. The lowest BCUT2D eigenvalue weighted by molar-refractivity contribution is 0.371. The molecule has 0 N–H and O–H groups in total. The number of nitrogens with zero attached hydrogens (tertiary/aromatic N) is 1. The second kappa shape index (κ2) is 2.67. The average Bonchev–Trinajstić information content (AvgIpc) is 2.77. The van der Waals surface area contributed by atoms with Gasteiger partial charge in [0.2, 0.25) is 0 Å².